The summed E-state index contributed by atoms with van der Waals surface area (Å²) < 4.78 is 26.8. The molecule has 0 aliphatic carbocycles. The lowest BCUT2D eigenvalue weighted by molar-refractivity contribution is 0.00578. The number of methoxy groups -OCH3 is 1. The number of anilines is 1. The minimum Gasteiger partial charge on any atom is -0.445 e. The molecule has 1 unspecified atom stereocenters. The molecular weight excluding hydrogens is 655 g/mol. The molecule has 1 atom stereocenters. The molecule has 0 spiro atoms. The Labute approximate surface area is 309 Å². The first-order chi connectivity index (χ1) is 24.7. The van der Waals surface area contributed by atoms with Gasteiger partial charge in [0.1, 0.15) is 6.61 Å². The predicted molar refractivity (Wildman–Crippen MR) is 207 cm³/mol. The number of aliphatic hydroxyl groups is 1. The smallest absolute Gasteiger partial charge is 0.445 e. The van der Waals surface area contributed by atoms with Crippen LogP contribution in [-0.4, -0.2) is 83.9 Å². The topological polar surface area (TPSA) is 98.5 Å². The van der Waals surface area contributed by atoms with Crippen molar-refractivity contribution in [2.45, 2.75) is 92.3 Å². The monoisotopic (exact) mass is 710 g/mol. The Morgan fingerprint density at radius 3 is 2.31 bits per heavy atom. The third-order valence-corrected chi connectivity index (χ3v) is 11.1. The highest BCUT2D eigenvalue weighted by atomic mass is 16.7. The standard InChI is InChI=1S/C41H55BN4O6/c1-10-46-35-17-16-30(42-51-40(5,6)41(7,8)52-42)22-32(35)34(24-39(3,4)27-47)37(46)33-23-31(25-43-36(33)28(2)49-9)44-18-20-45(21-19-44)38(48)50-26-29-14-12-11-13-15-29/h11-17,22-23,25,28,47H,10,18-21,24,26-27H2,1-9H3. The number of carbonyl (C=O) groups excluding carboxylic acids is 1. The number of carbonyl (C=O) groups is 1. The molecule has 2 fully saturated rings. The highest BCUT2D eigenvalue weighted by molar-refractivity contribution is 6.62. The van der Waals surface area contributed by atoms with Crippen molar-refractivity contribution in [3.05, 3.63) is 77.6 Å². The summed E-state index contributed by atoms with van der Waals surface area (Å²) in [5.41, 5.74) is 6.77. The predicted octanol–water partition coefficient (Wildman–Crippen LogP) is 6.75. The average molecular weight is 711 g/mol. The number of aryl methyl sites for hydroxylation is 1. The number of piperazine rings is 1. The summed E-state index contributed by atoms with van der Waals surface area (Å²) in [6.07, 6.45) is 2.01. The van der Waals surface area contributed by atoms with E-state index in [2.05, 4.69) is 82.2 Å². The van der Waals surface area contributed by atoms with Crippen molar-refractivity contribution in [1.29, 1.82) is 0 Å². The van der Waals surface area contributed by atoms with Crippen LogP contribution < -0.4 is 10.4 Å². The van der Waals surface area contributed by atoms with Crippen LogP contribution in [0.2, 0.25) is 0 Å². The number of fused-ring (bicyclic) bond motifs is 1. The van der Waals surface area contributed by atoms with Crippen LogP contribution >= 0.6 is 0 Å². The van der Waals surface area contributed by atoms with Gasteiger partial charge in [0.05, 0.1) is 40.6 Å². The fourth-order valence-electron chi connectivity index (χ4n) is 7.14. The highest BCUT2D eigenvalue weighted by Crippen LogP contribution is 2.42. The third-order valence-electron chi connectivity index (χ3n) is 11.1. The quantitative estimate of drug-likeness (QED) is 0.171. The number of ether oxygens (including phenoxy) is 2. The van der Waals surface area contributed by atoms with Crippen molar-refractivity contribution in [2.75, 3.05) is 44.8 Å². The lowest BCUT2D eigenvalue weighted by atomic mass is 9.77. The van der Waals surface area contributed by atoms with Crippen LogP contribution in [0.15, 0.2) is 60.8 Å². The largest absolute Gasteiger partial charge is 0.494 e. The summed E-state index contributed by atoms with van der Waals surface area (Å²) in [7, 11) is 1.21. The molecule has 278 valence electrons. The summed E-state index contributed by atoms with van der Waals surface area (Å²) >= 11 is 0. The number of aliphatic hydroxyl groups excluding tert-OH is 1. The van der Waals surface area contributed by atoms with Crippen molar-refractivity contribution in [2.24, 2.45) is 5.41 Å². The Hall–Kier alpha value is -3.90. The molecule has 1 N–H and O–H groups in total. The summed E-state index contributed by atoms with van der Waals surface area (Å²) in [5.74, 6) is 0. The van der Waals surface area contributed by atoms with E-state index in [0.29, 0.717) is 32.6 Å². The minimum atomic E-state index is -0.495. The summed E-state index contributed by atoms with van der Waals surface area (Å²) in [4.78, 5) is 22.0. The summed E-state index contributed by atoms with van der Waals surface area (Å²) in [6.45, 7) is 20.1. The van der Waals surface area contributed by atoms with Gasteiger partial charge in [-0.3, -0.25) is 4.98 Å². The van der Waals surface area contributed by atoms with Gasteiger partial charge < -0.3 is 38.3 Å². The van der Waals surface area contributed by atoms with E-state index in [1.54, 1.807) is 12.0 Å². The van der Waals surface area contributed by atoms with Gasteiger partial charge in [0, 0.05) is 62.9 Å². The van der Waals surface area contributed by atoms with Crippen LogP contribution in [0.4, 0.5) is 10.5 Å². The highest BCUT2D eigenvalue weighted by Gasteiger charge is 2.51. The average Bonchev–Trinajstić information content (AvgIpc) is 3.56. The maximum atomic E-state index is 12.9. The number of nitrogens with zero attached hydrogens (tertiary/aromatic N) is 4. The minimum absolute atomic E-state index is 0.0415. The van der Waals surface area contributed by atoms with Crippen LogP contribution in [0.25, 0.3) is 22.2 Å². The van der Waals surface area contributed by atoms with Gasteiger partial charge in [0.15, 0.2) is 0 Å². The van der Waals surface area contributed by atoms with E-state index in [1.807, 2.05) is 43.5 Å². The normalized spacial score (nSPS) is 17.9. The van der Waals surface area contributed by atoms with Gasteiger partial charge in [-0.2, -0.15) is 0 Å². The first-order valence-electron chi connectivity index (χ1n) is 18.5. The molecular formula is C41H55BN4O6. The molecule has 2 aromatic heterocycles. The lowest BCUT2D eigenvalue weighted by Crippen LogP contribution is -2.49. The molecule has 1 amide bonds. The lowest BCUT2D eigenvalue weighted by Gasteiger charge is -2.35. The molecule has 2 aliphatic rings. The van der Waals surface area contributed by atoms with Crippen molar-refractivity contribution in [1.82, 2.24) is 14.5 Å². The van der Waals surface area contributed by atoms with Crippen molar-refractivity contribution in [3.63, 3.8) is 0 Å². The second-order valence-corrected chi connectivity index (χ2v) is 16.0. The maximum Gasteiger partial charge on any atom is 0.494 e. The van der Waals surface area contributed by atoms with E-state index in [4.69, 9.17) is 23.8 Å². The van der Waals surface area contributed by atoms with Crippen molar-refractivity contribution < 1.29 is 28.7 Å². The van der Waals surface area contributed by atoms with Crippen molar-refractivity contribution in [3.8, 4) is 11.3 Å². The molecule has 6 rings (SSSR count). The fraction of sp³-hybridized carbons (Fsp3) is 0.512. The summed E-state index contributed by atoms with van der Waals surface area (Å²) in [5, 5.41) is 11.6. The Kier molecular flexibility index (Phi) is 10.8. The zero-order chi connectivity index (χ0) is 37.4. The first kappa shape index (κ1) is 37.8. The number of rotatable bonds is 11. The van der Waals surface area contributed by atoms with Gasteiger partial charge in [-0.15, -0.1) is 0 Å². The van der Waals surface area contributed by atoms with Crippen LogP contribution in [-0.2, 0) is 38.4 Å². The molecule has 0 saturated carbocycles. The Morgan fingerprint density at radius 2 is 1.69 bits per heavy atom. The molecule has 52 heavy (non-hydrogen) atoms. The number of hydrogen-bond donors (Lipinski definition) is 1. The SMILES string of the molecule is CCn1c(-c2cc(N3CCN(C(=O)OCc4ccccc4)CC3)cnc2C(C)OC)c(CC(C)(C)CO)c2cc(B3OC(C)(C)C(C)(C)O3)ccc21. The van der Waals surface area contributed by atoms with Gasteiger partial charge in [-0.25, -0.2) is 4.79 Å². The maximum absolute atomic E-state index is 12.9. The van der Waals surface area contributed by atoms with Gasteiger partial charge >= 0.3 is 13.2 Å². The van der Waals surface area contributed by atoms with Crippen molar-refractivity contribution >= 4 is 35.3 Å². The van der Waals surface area contributed by atoms with E-state index < -0.39 is 18.3 Å². The van der Waals surface area contributed by atoms with Crippen LogP contribution in [0, 0.1) is 5.41 Å². The van der Waals surface area contributed by atoms with Gasteiger partial charge in [0.25, 0.3) is 0 Å². The number of hydrogen-bond acceptors (Lipinski definition) is 8. The molecule has 2 aromatic carbocycles. The van der Waals surface area contributed by atoms with Crippen LogP contribution in [0.3, 0.4) is 0 Å². The molecule has 10 nitrogen and oxygen atoms in total. The third kappa shape index (κ3) is 7.46. The molecule has 4 heterocycles. The second-order valence-electron chi connectivity index (χ2n) is 16.0. The molecule has 4 aromatic rings. The second kappa shape index (κ2) is 14.9. The zero-order valence-corrected chi connectivity index (χ0v) is 32.4. The first-order valence-corrected chi connectivity index (χ1v) is 18.5. The van der Waals surface area contributed by atoms with Gasteiger partial charge in [-0.05, 0) is 82.1 Å². The van der Waals surface area contributed by atoms with E-state index in [9.17, 15) is 9.90 Å². The molecule has 0 radical (unpaired) electrons. The Bertz CT molecular complexity index is 1870. The van der Waals surface area contributed by atoms with E-state index >= 15 is 0 Å². The molecule has 11 heteroatoms. The Balaban J connectivity index is 1.38. The molecule has 2 saturated heterocycles. The van der Waals surface area contributed by atoms with Gasteiger partial charge in [0.2, 0.25) is 0 Å². The number of benzene rings is 2. The van der Waals surface area contributed by atoms with E-state index in [0.717, 1.165) is 56.7 Å². The number of amides is 1. The number of aromatic nitrogens is 2. The van der Waals surface area contributed by atoms with Crippen LogP contribution in [0.5, 0.6) is 0 Å². The van der Waals surface area contributed by atoms with E-state index in [-0.39, 0.29) is 30.8 Å². The number of pyridine rings is 1. The van der Waals surface area contributed by atoms with Gasteiger partial charge in [-0.1, -0.05) is 56.3 Å². The van der Waals surface area contributed by atoms with Crippen LogP contribution in [0.1, 0.15) is 78.3 Å². The zero-order valence-electron chi connectivity index (χ0n) is 32.4. The summed E-state index contributed by atoms with van der Waals surface area (Å²) in [6, 6.07) is 18.5. The molecule has 0 bridgehead atoms. The Morgan fingerprint density at radius 1 is 1.02 bits per heavy atom. The van der Waals surface area contributed by atoms with E-state index in [1.165, 1.54) is 0 Å². The molecule has 2 aliphatic heterocycles. The fourth-order valence-corrected chi connectivity index (χ4v) is 7.14.